The first-order valence-electron chi connectivity index (χ1n) is 8.16. The molecule has 1 heterocycles. The summed E-state index contributed by atoms with van der Waals surface area (Å²) < 4.78 is 28.0. The van der Waals surface area contributed by atoms with Crippen LogP contribution in [0.3, 0.4) is 0 Å². The van der Waals surface area contributed by atoms with Crippen molar-refractivity contribution in [3.05, 3.63) is 47.0 Å². The number of rotatable bonds is 1. The Morgan fingerprint density at radius 3 is 2.50 bits per heavy atom. The first-order chi connectivity index (χ1) is 12.4. The molecular formula is C19H16F2N5+. The van der Waals surface area contributed by atoms with Crippen LogP contribution >= 0.6 is 0 Å². The van der Waals surface area contributed by atoms with Crippen molar-refractivity contribution in [2.45, 2.75) is 5.92 Å². The Hall–Kier alpha value is -3.08. The lowest BCUT2D eigenvalue weighted by atomic mass is 9.54. The van der Waals surface area contributed by atoms with Gasteiger partial charge in [-0.2, -0.15) is 15.8 Å². The van der Waals surface area contributed by atoms with Crippen molar-refractivity contribution in [2.24, 2.45) is 17.3 Å². The van der Waals surface area contributed by atoms with Crippen LogP contribution in [0.4, 0.5) is 8.78 Å². The van der Waals surface area contributed by atoms with Gasteiger partial charge in [0, 0.05) is 17.9 Å². The summed E-state index contributed by atoms with van der Waals surface area (Å²) in [5.41, 5.74) is -1.63. The predicted octanol–water partition coefficient (Wildman–Crippen LogP) is 1.33. The van der Waals surface area contributed by atoms with E-state index in [1.165, 1.54) is 6.07 Å². The molecule has 0 spiro atoms. The molecule has 1 aromatic carbocycles. The first kappa shape index (κ1) is 17.7. The van der Waals surface area contributed by atoms with E-state index >= 15 is 0 Å². The van der Waals surface area contributed by atoms with Gasteiger partial charge in [0.2, 0.25) is 0 Å². The van der Waals surface area contributed by atoms with Gasteiger partial charge in [-0.1, -0.05) is 6.07 Å². The lowest BCUT2D eigenvalue weighted by molar-refractivity contribution is -0.878. The van der Waals surface area contributed by atoms with Crippen molar-refractivity contribution in [2.75, 3.05) is 20.1 Å². The minimum atomic E-state index is -1.97. The highest BCUT2D eigenvalue weighted by Crippen LogP contribution is 2.52. The zero-order valence-electron chi connectivity index (χ0n) is 14.1. The van der Waals surface area contributed by atoms with Crippen molar-refractivity contribution in [3.8, 4) is 18.2 Å². The van der Waals surface area contributed by atoms with Gasteiger partial charge in [-0.3, -0.25) is 0 Å². The van der Waals surface area contributed by atoms with Crippen LogP contribution < -0.4 is 4.90 Å². The molecular weight excluding hydrogens is 336 g/mol. The summed E-state index contributed by atoms with van der Waals surface area (Å²) in [7, 11) is 1.92. The Bertz CT molecular complexity index is 917. The van der Waals surface area contributed by atoms with Gasteiger partial charge < -0.3 is 10.3 Å². The van der Waals surface area contributed by atoms with E-state index < -0.39 is 34.8 Å². The number of quaternary nitrogens is 1. The van der Waals surface area contributed by atoms with E-state index in [0.29, 0.717) is 18.7 Å². The number of halogens is 2. The Morgan fingerprint density at radius 2 is 1.92 bits per heavy atom. The number of likely N-dealkylation sites (N-methyl/N-ethyl adjacent to an activating group) is 1. The number of hydrogen-bond donors (Lipinski definition) is 2. The van der Waals surface area contributed by atoms with Crippen molar-refractivity contribution in [1.82, 2.24) is 0 Å². The second-order valence-electron chi connectivity index (χ2n) is 6.83. The lowest BCUT2D eigenvalue weighted by Crippen LogP contribution is -3.10. The molecule has 1 aromatic rings. The summed E-state index contributed by atoms with van der Waals surface area (Å²) in [6.07, 6.45) is 1.85. The third-order valence-corrected chi connectivity index (χ3v) is 5.38. The summed E-state index contributed by atoms with van der Waals surface area (Å²) in [6, 6.07) is 8.84. The third-order valence-electron chi connectivity index (χ3n) is 5.38. The van der Waals surface area contributed by atoms with E-state index in [2.05, 4.69) is 0 Å². The van der Waals surface area contributed by atoms with Gasteiger partial charge in [-0.15, -0.1) is 0 Å². The SMILES string of the molecule is C[NH+]1CC=C2C(C#N)C(=N)C(C#N)(C#N)[C@@H](c3ccc(F)cc3F)[C@@H]2C1. The summed E-state index contributed by atoms with van der Waals surface area (Å²) >= 11 is 0. The monoisotopic (exact) mass is 352 g/mol. The molecule has 1 aliphatic heterocycles. The molecule has 0 saturated heterocycles. The van der Waals surface area contributed by atoms with Crippen LogP contribution in [0.5, 0.6) is 0 Å². The Morgan fingerprint density at radius 1 is 1.23 bits per heavy atom. The molecule has 3 rings (SSSR count). The normalized spacial score (nSPS) is 29.5. The van der Waals surface area contributed by atoms with Crippen molar-refractivity contribution in [3.63, 3.8) is 0 Å². The molecule has 130 valence electrons. The van der Waals surface area contributed by atoms with Gasteiger partial charge in [0.1, 0.15) is 17.6 Å². The smallest absolute Gasteiger partial charge is 0.190 e. The quantitative estimate of drug-likeness (QED) is 0.746. The fraction of sp³-hybridized carbons (Fsp3) is 0.368. The van der Waals surface area contributed by atoms with E-state index in [1.54, 1.807) is 0 Å². The number of fused-ring (bicyclic) bond motifs is 1. The molecule has 7 heteroatoms. The third kappa shape index (κ3) is 2.39. The standard InChI is InChI=1S/C19H15F2N5/c1-26-5-4-12-14(7-22)18(25)19(9-23,10-24)17(15(12)8-26)13-3-2-11(20)6-16(13)21/h2-4,6,14-15,17,25H,5,8H2,1H3/p+1/t14?,15-,17+/m1/s1. The summed E-state index contributed by atoms with van der Waals surface area (Å²) in [5, 5.41) is 37.6. The molecule has 2 aliphatic rings. The number of hydrogen-bond acceptors (Lipinski definition) is 4. The fourth-order valence-electron chi connectivity index (χ4n) is 4.15. The van der Waals surface area contributed by atoms with E-state index in [0.717, 1.165) is 17.0 Å². The molecule has 4 atom stereocenters. The van der Waals surface area contributed by atoms with Gasteiger partial charge in [-0.25, -0.2) is 8.78 Å². The van der Waals surface area contributed by atoms with Crippen LogP contribution in [0.1, 0.15) is 11.5 Å². The Kier molecular flexibility index (Phi) is 4.32. The van der Waals surface area contributed by atoms with Crippen molar-refractivity contribution in [1.29, 1.82) is 21.2 Å². The topological polar surface area (TPSA) is 99.7 Å². The zero-order valence-corrected chi connectivity index (χ0v) is 14.1. The average molecular weight is 352 g/mol. The number of nitriles is 3. The Balaban J connectivity index is 2.30. The van der Waals surface area contributed by atoms with Crippen LogP contribution in [-0.4, -0.2) is 25.8 Å². The molecule has 0 radical (unpaired) electrons. The maximum atomic E-state index is 14.6. The summed E-state index contributed by atoms with van der Waals surface area (Å²) in [6.45, 7) is 1.13. The molecule has 2 N–H and O–H groups in total. The molecule has 2 unspecified atom stereocenters. The van der Waals surface area contributed by atoms with E-state index in [1.807, 2.05) is 31.3 Å². The molecule has 0 amide bonds. The first-order valence-corrected chi connectivity index (χ1v) is 8.16. The van der Waals surface area contributed by atoms with Gasteiger partial charge in [0.15, 0.2) is 5.41 Å². The second-order valence-corrected chi connectivity index (χ2v) is 6.83. The molecule has 0 aromatic heterocycles. The largest absolute Gasteiger partial charge is 0.334 e. The van der Waals surface area contributed by atoms with Gasteiger partial charge in [-0.05, 0) is 23.3 Å². The van der Waals surface area contributed by atoms with Crippen LogP contribution in [0.15, 0.2) is 29.8 Å². The minimum absolute atomic E-state index is 0.0289. The van der Waals surface area contributed by atoms with Crippen LogP contribution in [0.2, 0.25) is 0 Å². The average Bonchev–Trinajstić information content (AvgIpc) is 2.62. The maximum absolute atomic E-state index is 14.6. The van der Waals surface area contributed by atoms with E-state index in [9.17, 15) is 24.6 Å². The van der Waals surface area contributed by atoms with Crippen LogP contribution in [0, 0.1) is 68.3 Å². The predicted molar refractivity (Wildman–Crippen MR) is 87.8 cm³/mol. The highest BCUT2D eigenvalue weighted by molar-refractivity contribution is 6.00. The second kappa shape index (κ2) is 6.33. The molecule has 1 aliphatic carbocycles. The minimum Gasteiger partial charge on any atom is -0.334 e. The molecule has 0 bridgehead atoms. The number of nitrogens with one attached hydrogen (secondary N) is 2. The van der Waals surface area contributed by atoms with Crippen molar-refractivity contribution < 1.29 is 13.7 Å². The Labute approximate surface area is 149 Å². The summed E-state index contributed by atoms with van der Waals surface area (Å²) in [4.78, 5) is 1.08. The van der Waals surface area contributed by atoms with Gasteiger partial charge >= 0.3 is 0 Å². The lowest BCUT2D eigenvalue weighted by Gasteiger charge is -2.45. The molecule has 1 fully saturated rings. The maximum Gasteiger partial charge on any atom is 0.190 e. The number of benzene rings is 1. The zero-order chi connectivity index (χ0) is 19.1. The van der Waals surface area contributed by atoms with Gasteiger partial charge in [0.05, 0.1) is 44.1 Å². The number of nitrogens with zero attached hydrogens (tertiary/aromatic N) is 3. The fourth-order valence-corrected chi connectivity index (χ4v) is 4.15. The molecule has 1 saturated carbocycles. The van der Waals surface area contributed by atoms with Crippen LogP contribution in [-0.2, 0) is 0 Å². The summed E-state index contributed by atoms with van der Waals surface area (Å²) in [5.74, 6) is -4.02. The van der Waals surface area contributed by atoms with Crippen molar-refractivity contribution >= 4 is 5.71 Å². The molecule has 5 nitrogen and oxygen atoms in total. The van der Waals surface area contributed by atoms with E-state index in [-0.39, 0.29) is 11.3 Å². The highest BCUT2D eigenvalue weighted by atomic mass is 19.1. The van der Waals surface area contributed by atoms with Gasteiger partial charge in [0.25, 0.3) is 0 Å². The highest BCUT2D eigenvalue weighted by Gasteiger charge is 2.59. The van der Waals surface area contributed by atoms with Crippen LogP contribution in [0.25, 0.3) is 0 Å². The van der Waals surface area contributed by atoms with E-state index in [4.69, 9.17) is 5.41 Å². The molecule has 26 heavy (non-hydrogen) atoms.